The molecule has 0 spiro atoms. The van der Waals surface area contributed by atoms with E-state index in [1.165, 1.54) is 0 Å². The first-order valence-electron chi connectivity index (χ1n) is 6.15. The van der Waals surface area contributed by atoms with E-state index in [1.54, 1.807) is 25.4 Å². The van der Waals surface area contributed by atoms with Crippen molar-refractivity contribution < 1.29 is 9.84 Å². The number of nitriles is 1. The molecule has 0 fully saturated rings. The molecule has 1 aromatic heterocycles. The Labute approximate surface area is 117 Å². The predicted octanol–water partition coefficient (Wildman–Crippen LogP) is 2.11. The van der Waals surface area contributed by atoms with Crippen molar-refractivity contribution in [3.8, 4) is 11.8 Å². The van der Waals surface area contributed by atoms with Crippen LogP contribution < -0.4 is 10.1 Å². The molecule has 1 atom stereocenters. The van der Waals surface area contributed by atoms with Crippen molar-refractivity contribution in [3.63, 3.8) is 0 Å². The highest BCUT2D eigenvalue weighted by atomic mass is 16.5. The summed E-state index contributed by atoms with van der Waals surface area (Å²) in [5.74, 6) is 1.17. The van der Waals surface area contributed by atoms with Crippen LogP contribution in [0.2, 0.25) is 0 Å². The number of pyridine rings is 1. The van der Waals surface area contributed by atoms with Gasteiger partial charge in [0, 0.05) is 6.20 Å². The number of rotatable bonds is 5. The highest BCUT2D eigenvalue weighted by molar-refractivity contribution is 5.52. The van der Waals surface area contributed by atoms with E-state index in [9.17, 15) is 5.11 Å². The van der Waals surface area contributed by atoms with Crippen molar-refractivity contribution in [1.82, 2.24) is 4.98 Å². The van der Waals surface area contributed by atoms with Gasteiger partial charge in [-0.05, 0) is 29.8 Å². The summed E-state index contributed by atoms with van der Waals surface area (Å²) in [5.41, 5.74) is 1.30. The molecule has 5 nitrogen and oxygen atoms in total. The first-order valence-corrected chi connectivity index (χ1v) is 6.15. The Kier molecular flexibility index (Phi) is 4.53. The number of benzene rings is 1. The minimum absolute atomic E-state index is 0.116. The summed E-state index contributed by atoms with van der Waals surface area (Å²) in [6.07, 6.45) is 1.60. The number of ether oxygens (including phenoxy) is 1. The molecule has 2 N–H and O–H groups in total. The number of anilines is 1. The minimum Gasteiger partial charge on any atom is -0.497 e. The van der Waals surface area contributed by atoms with E-state index in [0.717, 1.165) is 5.56 Å². The predicted molar refractivity (Wildman–Crippen MR) is 75.4 cm³/mol. The van der Waals surface area contributed by atoms with E-state index < -0.39 is 0 Å². The number of aliphatic hydroxyl groups is 1. The van der Waals surface area contributed by atoms with Gasteiger partial charge in [0.05, 0.1) is 25.3 Å². The SMILES string of the molecule is COc1cccc(C(CO)Nc2ncccc2C#N)c1. The Hall–Kier alpha value is -2.58. The number of methoxy groups -OCH3 is 1. The van der Waals surface area contributed by atoms with Crippen LogP contribution in [0.1, 0.15) is 17.2 Å². The Morgan fingerprint density at radius 1 is 1.40 bits per heavy atom. The van der Waals surface area contributed by atoms with E-state index in [2.05, 4.69) is 16.4 Å². The topological polar surface area (TPSA) is 78.2 Å². The Morgan fingerprint density at radius 3 is 2.95 bits per heavy atom. The first-order chi connectivity index (χ1) is 9.78. The molecule has 20 heavy (non-hydrogen) atoms. The molecule has 0 aliphatic heterocycles. The van der Waals surface area contributed by atoms with Crippen LogP contribution in [0, 0.1) is 11.3 Å². The van der Waals surface area contributed by atoms with E-state index in [1.807, 2.05) is 24.3 Å². The second-order valence-electron chi connectivity index (χ2n) is 4.17. The minimum atomic E-state index is -0.355. The van der Waals surface area contributed by atoms with Crippen LogP contribution in [0.3, 0.4) is 0 Å². The molecular formula is C15H15N3O2. The molecule has 0 bridgehead atoms. The van der Waals surface area contributed by atoms with Gasteiger partial charge in [0.15, 0.2) is 0 Å². The van der Waals surface area contributed by atoms with Gasteiger partial charge in [0.2, 0.25) is 0 Å². The number of nitrogens with one attached hydrogen (secondary N) is 1. The van der Waals surface area contributed by atoms with Crippen LogP contribution in [0.25, 0.3) is 0 Å². The summed E-state index contributed by atoms with van der Waals surface area (Å²) < 4.78 is 5.17. The second-order valence-corrected chi connectivity index (χ2v) is 4.17. The van der Waals surface area contributed by atoms with Gasteiger partial charge in [-0.2, -0.15) is 5.26 Å². The number of hydrogen-bond donors (Lipinski definition) is 2. The number of hydrogen-bond acceptors (Lipinski definition) is 5. The summed E-state index contributed by atoms with van der Waals surface area (Å²) in [7, 11) is 1.59. The fourth-order valence-corrected chi connectivity index (χ4v) is 1.87. The fraction of sp³-hybridized carbons (Fsp3) is 0.200. The molecular weight excluding hydrogens is 254 g/mol. The zero-order chi connectivity index (χ0) is 14.4. The third kappa shape index (κ3) is 3.05. The first kappa shape index (κ1) is 13.8. The monoisotopic (exact) mass is 269 g/mol. The van der Waals surface area contributed by atoms with Gasteiger partial charge in [-0.3, -0.25) is 0 Å². The smallest absolute Gasteiger partial charge is 0.144 e. The van der Waals surface area contributed by atoms with E-state index >= 15 is 0 Å². The lowest BCUT2D eigenvalue weighted by molar-refractivity contribution is 0.276. The zero-order valence-corrected chi connectivity index (χ0v) is 11.1. The van der Waals surface area contributed by atoms with E-state index in [4.69, 9.17) is 10.00 Å². The lowest BCUT2D eigenvalue weighted by atomic mass is 10.1. The molecule has 2 rings (SSSR count). The van der Waals surface area contributed by atoms with Crippen LogP contribution in [0.15, 0.2) is 42.6 Å². The average molecular weight is 269 g/mol. The van der Waals surface area contributed by atoms with E-state index in [-0.39, 0.29) is 12.6 Å². The third-order valence-electron chi connectivity index (χ3n) is 2.92. The summed E-state index contributed by atoms with van der Waals surface area (Å²) in [5, 5.41) is 21.7. The van der Waals surface area contributed by atoms with Crippen LogP contribution in [-0.4, -0.2) is 23.8 Å². The molecule has 0 aliphatic carbocycles. The Bertz CT molecular complexity index is 623. The molecule has 0 saturated carbocycles. The summed E-state index contributed by atoms with van der Waals surface area (Å²) >= 11 is 0. The van der Waals surface area contributed by atoms with Crippen molar-refractivity contribution in [3.05, 3.63) is 53.7 Å². The molecule has 1 unspecified atom stereocenters. The van der Waals surface area contributed by atoms with Crippen LogP contribution in [0.4, 0.5) is 5.82 Å². The molecule has 1 heterocycles. The lowest BCUT2D eigenvalue weighted by Crippen LogP contribution is -2.16. The second kappa shape index (κ2) is 6.55. The van der Waals surface area contributed by atoms with Crippen molar-refractivity contribution >= 4 is 5.82 Å². The zero-order valence-electron chi connectivity index (χ0n) is 11.1. The lowest BCUT2D eigenvalue weighted by Gasteiger charge is -2.18. The van der Waals surface area contributed by atoms with Gasteiger partial charge in [0.25, 0.3) is 0 Å². The van der Waals surface area contributed by atoms with Gasteiger partial charge in [0.1, 0.15) is 17.6 Å². The summed E-state index contributed by atoms with van der Waals surface area (Å²) in [6, 6.07) is 12.5. The molecule has 0 saturated heterocycles. The number of aromatic nitrogens is 1. The molecule has 0 aliphatic rings. The molecule has 1 aromatic carbocycles. The highest BCUT2D eigenvalue weighted by Gasteiger charge is 2.13. The molecule has 0 amide bonds. The normalized spacial score (nSPS) is 11.4. The van der Waals surface area contributed by atoms with Gasteiger partial charge in [-0.1, -0.05) is 12.1 Å². The summed E-state index contributed by atoms with van der Waals surface area (Å²) in [4.78, 5) is 4.13. The molecule has 102 valence electrons. The van der Waals surface area contributed by atoms with E-state index in [0.29, 0.717) is 17.1 Å². The molecule has 0 radical (unpaired) electrons. The fourth-order valence-electron chi connectivity index (χ4n) is 1.87. The van der Waals surface area contributed by atoms with Gasteiger partial charge in [-0.15, -0.1) is 0 Å². The Morgan fingerprint density at radius 2 is 2.25 bits per heavy atom. The number of aliphatic hydroxyl groups excluding tert-OH is 1. The van der Waals surface area contributed by atoms with Crippen LogP contribution >= 0.6 is 0 Å². The maximum absolute atomic E-state index is 9.55. The van der Waals surface area contributed by atoms with Crippen molar-refractivity contribution in [1.29, 1.82) is 5.26 Å². The quantitative estimate of drug-likeness (QED) is 0.869. The largest absolute Gasteiger partial charge is 0.497 e. The van der Waals surface area contributed by atoms with Crippen molar-refractivity contribution in [2.24, 2.45) is 0 Å². The van der Waals surface area contributed by atoms with Crippen molar-refractivity contribution in [2.75, 3.05) is 19.0 Å². The average Bonchev–Trinajstić information content (AvgIpc) is 2.53. The molecule has 5 heteroatoms. The van der Waals surface area contributed by atoms with Gasteiger partial charge >= 0.3 is 0 Å². The standard InChI is InChI=1S/C15H15N3O2/c1-20-13-6-2-4-11(8-13)14(10-19)18-15-12(9-16)5-3-7-17-15/h2-8,14,19H,10H2,1H3,(H,17,18). The highest BCUT2D eigenvalue weighted by Crippen LogP contribution is 2.23. The maximum atomic E-state index is 9.55. The maximum Gasteiger partial charge on any atom is 0.144 e. The van der Waals surface area contributed by atoms with Crippen molar-refractivity contribution in [2.45, 2.75) is 6.04 Å². The van der Waals surface area contributed by atoms with Crippen LogP contribution in [-0.2, 0) is 0 Å². The third-order valence-corrected chi connectivity index (χ3v) is 2.92. The summed E-state index contributed by atoms with van der Waals surface area (Å²) in [6.45, 7) is -0.116. The van der Waals surface area contributed by atoms with Crippen LogP contribution in [0.5, 0.6) is 5.75 Å². The van der Waals surface area contributed by atoms with Gasteiger partial charge < -0.3 is 15.2 Å². The number of nitrogens with zero attached hydrogens (tertiary/aromatic N) is 2. The van der Waals surface area contributed by atoms with Gasteiger partial charge in [-0.25, -0.2) is 4.98 Å². The Balaban J connectivity index is 2.27. The molecule has 2 aromatic rings.